The van der Waals surface area contributed by atoms with Crippen molar-refractivity contribution in [2.75, 3.05) is 6.54 Å². The van der Waals surface area contributed by atoms with Crippen molar-refractivity contribution in [2.45, 2.75) is 43.2 Å². The van der Waals surface area contributed by atoms with Crippen molar-refractivity contribution in [3.63, 3.8) is 0 Å². The third kappa shape index (κ3) is 3.78. The molecule has 2 aliphatic carbocycles. The molecule has 0 unspecified atom stereocenters. The summed E-state index contributed by atoms with van der Waals surface area (Å²) in [7, 11) is -3.32. The molecule has 0 radical (unpaired) electrons. The molecule has 0 aromatic heterocycles. The van der Waals surface area contributed by atoms with E-state index >= 15 is 0 Å². The molecule has 0 amide bonds. The smallest absolute Gasteiger partial charge is 0.240 e. The third-order valence-corrected chi connectivity index (χ3v) is 5.10. The van der Waals surface area contributed by atoms with E-state index < -0.39 is 10.0 Å². The maximum absolute atomic E-state index is 12.0. The van der Waals surface area contributed by atoms with E-state index in [-0.39, 0.29) is 0 Å². The molecule has 104 valence electrons. The molecule has 0 bridgehead atoms. The van der Waals surface area contributed by atoms with Gasteiger partial charge in [0.1, 0.15) is 0 Å². The van der Waals surface area contributed by atoms with E-state index in [0.717, 1.165) is 24.9 Å². The molecule has 0 heterocycles. The number of hydrogen-bond donors (Lipinski definition) is 2. The first kappa shape index (κ1) is 13.1. The van der Waals surface area contributed by atoms with E-state index in [1.54, 1.807) is 12.1 Å². The van der Waals surface area contributed by atoms with Gasteiger partial charge in [0.05, 0.1) is 4.90 Å². The molecule has 2 fully saturated rings. The van der Waals surface area contributed by atoms with Gasteiger partial charge < -0.3 is 5.32 Å². The lowest BCUT2D eigenvalue weighted by Gasteiger charge is -2.07. The Morgan fingerprint density at radius 3 is 2.32 bits per heavy atom. The Morgan fingerprint density at radius 2 is 1.74 bits per heavy atom. The molecular weight excluding hydrogens is 260 g/mol. The van der Waals surface area contributed by atoms with Gasteiger partial charge in [-0.2, -0.15) is 0 Å². The van der Waals surface area contributed by atoms with Crippen LogP contribution in [0.2, 0.25) is 0 Å². The van der Waals surface area contributed by atoms with Crippen LogP contribution in [0.3, 0.4) is 0 Å². The summed E-state index contributed by atoms with van der Waals surface area (Å²) < 4.78 is 26.7. The van der Waals surface area contributed by atoms with Crippen LogP contribution in [0.15, 0.2) is 29.2 Å². The number of benzene rings is 1. The van der Waals surface area contributed by atoms with Crippen LogP contribution < -0.4 is 10.0 Å². The van der Waals surface area contributed by atoms with E-state index in [1.807, 2.05) is 12.1 Å². The summed E-state index contributed by atoms with van der Waals surface area (Å²) >= 11 is 0. The van der Waals surface area contributed by atoms with E-state index in [9.17, 15) is 8.42 Å². The SMILES string of the molecule is O=S(=O)(NCC1CC1)c1ccc(CNC2CC2)cc1. The first-order valence-electron chi connectivity index (χ1n) is 6.95. The van der Waals surface area contributed by atoms with Gasteiger partial charge in [0, 0.05) is 19.1 Å². The van der Waals surface area contributed by atoms with Gasteiger partial charge in [-0.15, -0.1) is 0 Å². The van der Waals surface area contributed by atoms with Gasteiger partial charge in [-0.1, -0.05) is 12.1 Å². The molecule has 0 aliphatic heterocycles. The normalized spacial score (nSPS) is 19.6. The summed E-state index contributed by atoms with van der Waals surface area (Å²) in [5, 5.41) is 3.41. The van der Waals surface area contributed by atoms with E-state index in [2.05, 4.69) is 10.0 Å². The second-order valence-corrected chi connectivity index (χ2v) is 7.36. The van der Waals surface area contributed by atoms with Crippen LogP contribution in [0.5, 0.6) is 0 Å². The van der Waals surface area contributed by atoms with E-state index in [0.29, 0.717) is 23.4 Å². The van der Waals surface area contributed by atoms with Crippen molar-refractivity contribution in [3.8, 4) is 0 Å². The number of hydrogen-bond acceptors (Lipinski definition) is 3. The van der Waals surface area contributed by atoms with E-state index in [1.165, 1.54) is 12.8 Å². The lowest BCUT2D eigenvalue weighted by atomic mass is 10.2. The second kappa shape index (κ2) is 5.23. The molecule has 5 heteroatoms. The number of nitrogens with one attached hydrogen (secondary N) is 2. The van der Waals surface area contributed by atoms with Gasteiger partial charge in [-0.25, -0.2) is 13.1 Å². The zero-order chi connectivity index (χ0) is 13.3. The fourth-order valence-electron chi connectivity index (χ4n) is 1.97. The first-order valence-corrected chi connectivity index (χ1v) is 8.44. The van der Waals surface area contributed by atoms with Crippen LogP contribution in [-0.4, -0.2) is 21.0 Å². The lowest BCUT2D eigenvalue weighted by molar-refractivity contribution is 0.577. The van der Waals surface area contributed by atoms with Crippen LogP contribution in [0.25, 0.3) is 0 Å². The van der Waals surface area contributed by atoms with E-state index in [4.69, 9.17) is 0 Å². The zero-order valence-corrected chi connectivity index (χ0v) is 11.7. The summed E-state index contributed by atoms with van der Waals surface area (Å²) in [6, 6.07) is 7.84. The van der Waals surface area contributed by atoms with Gasteiger partial charge >= 0.3 is 0 Å². The Bertz CT molecular complexity index is 531. The Kier molecular flexibility index (Phi) is 3.60. The van der Waals surface area contributed by atoms with Crippen LogP contribution in [-0.2, 0) is 16.6 Å². The van der Waals surface area contributed by atoms with Crippen LogP contribution in [0, 0.1) is 5.92 Å². The molecule has 2 saturated carbocycles. The monoisotopic (exact) mass is 280 g/mol. The van der Waals surface area contributed by atoms with Crippen molar-refractivity contribution in [2.24, 2.45) is 5.92 Å². The predicted molar refractivity (Wildman–Crippen MR) is 74.2 cm³/mol. The lowest BCUT2D eigenvalue weighted by Crippen LogP contribution is -2.25. The molecule has 3 rings (SSSR count). The average Bonchev–Trinajstić information content (AvgIpc) is 3.29. The summed E-state index contributed by atoms with van der Waals surface area (Å²) in [6.45, 7) is 1.40. The van der Waals surface area contributed by atoms with Crippen molar-refractivity contribution in [1.29, 1.82) is 0 Å². The molecule has 19 heavy (non-hydrogen) atoms. The van der Waals surface area contributed by atoms with Crippen molar-refractivity contribution in [3.05, 3.63) is 29.8 Å². The predicted octanol–water partition coefficient (Wildman–Crippen LogP) is 1.63. The minimum atomic E-state index is -3.32. The van der Waals surface area contributed by atoms with Gasteiger partial charge in [0.25, 0.3) is 0 Å². The fourth-order valence-corrected chi connectivity index (χ4v) is 3.09. The number of sulfonamides is 1. The van der Waals surface area contributed by atoms with Gasteiger partial charge in [-0.05, 0) is 49.3 Å². The molecule has 0 spiro atoms. The Morgan fingerprint density at radius 1 is 1.05 bits per heavy atom. The highest BCUT2D eigenvalue weighted by molar-refractivity contribution is 7.89. The molecular formula is C14H20N2O2S. The van der Waals surface area contributed by atoms with Crippen LogP contribution >= 0.6 is 0 Å². The highest BCUT2D eigenvalue weighted by Crippen LogP contribution is 2.28. The van der Waals surface area contributed by atoms with Crippen molar-refractivity contribution in [1.82, 2.24) is 10.0 Å². The minimum Gasteiger partial charge on any atom is -0.310 e. The minimum absolute atomic E-state index is 0.364. The molecule has 0 saturated heterocycles. The highest BCUT2D eigenvalue weighted by Gasteiger charge is 2.24. The first-order chi connectivity index (χ1) is 9.13. The van der Waals surface area contributed by atoms with Crippen LogP contribution in [0.4, 0.5) is 0 Å². The second-order valence-electron chi connectivity index (χ2n) is 5.59. The summed E-state index contributed by atoms with van der Waals surface area (Å²) in [4.78, 5) is 0.364. The van der Waals surface area contributed by atoms with Gasteiger partial charge in [-0.3, -0.25) is 0 Å². The largest absolute Gasteiger partial charge is 0.310 e. The molecule has 4 nitrogen and oxygen atoms in total. The molecule has 1 aromatic carbocycles. The Hall–Kier alpha value is -0.910. The fraction of sp³-hybridized carbons (Fsp3) is 0.571. The summed E-state index contributed by atoms with van der Waals surface area (Å²) in [5.74, 6) is 0.553. The zero-order valence-electron chi connectivity index (χ0n) is 10.9. The molecule has 0 atom stereocenters. The maximum atomic E-state index is 12.0. The van der Waals surface area contributed by atoms with Crippen molar-refractivity contribution >= 4 is 10.0 Å². The third-order valence-electron chi connectivity index (χ3n) is 3.66. The number of rotatable bonds is 7. The average molecular weight is 280 g/mol. The standard InChI is InChI=1S/C14H20N2O2S/c17-19(18,16-10-12-1-2-12)14-7-3-11(4-8-14)9-15-13-5-6-13/h3-4,7-8,12-13,15-16H,1-2,5-6,9-10H2. The summed E-state index contributed by atoms with van der Waals surface area (Å²) in [6.07, 6.45) is 4.82. The molecule has 2 N–H and O–H groups in total. The maximum Gasteiger partial charge on any atom is 0.240 e. The Labute approximate surface area is 114 Å². The Balaban J connectivity index is 1.59. The highest BCUT2D eigenvalue weighted by atomic mass is 32.2. The van der Waals surface area contributed by atoms with Gasteiger partial charge in [0.2, 0.25) is 10.0 Å². The molecule has 2 aliphatic rings. The topological polar surface area (TPSA) is 58.2 Å². The van der Waals surface area contributed by atoms with Crippen LogP contribution in [0.1, 0.15) is 31.2 Å². The summed E-state index contributed by atoms with van der Waals surface area (Å²) in [5.41, 5.74) is 1.13. The van der Waals surface area contributed by atoms with Gasteiger partial charge in [0.15, 0.2) is 0 Å². The molecule has 1 aromatic rings. The van der Waals surface area contributed by atoms with Crippen molar-refractivity contribution < 1.29 is 8.42 Å². The quantitative estimate of drug-likeness (QED) is 0.798.